The Balaban J connectivity index is 1.54. The standard InChI is InChI=1S/C53H61N3O21S6Si/c1-52(2)25-33(29-78(60,61)62)39-21-41-47(23-43(39)55(52)27-31-14-16-35(80(66,67)68)19-45(31)82(72,73)74)84(6,7)48-24-44-40(22-42(48)50(41)37-11-8-9-12-38(37)51(59)54(5)18-10-13-49(57)58)34(30-79(63,64)65)26-53(3,4)56(44)28-32-15-17-36(81(69,70)71)20-46(32)83(75,76)77/h8-9,11-12,14-17,19-24,33-34H,10,13,18,25-30H2,1-7H3,(H6-,57,58,60,61,62,63,64,65,66,67,68,69,70,71,72,73,74,75,76,77)/p+1. The molecule has 0 saturated heterocycles. The van der Waals surface area contributed by atoms with E-state index in [0.717, 1.165) is 24.3 Å². The third-order valence-corrected chi connectivity index (χ3v) is 24.7. The van der Waals surface area contributed by atoms with Crippen molar-refractivity contribution >= 4 is 102 Å². The third kappa shape index (κ3) is 13.1. The van der Waals surface area contributed by atoms with Crippen LogP contribution in [0.1, 0.15) is 109 Å². The van der Waals surface area contributed by atoms with Crippen molar-refractivity contribution in [2.45, 2.75) is 122 Å². The molecule has 0 aromatic heterocycles. The van der Waals surface area contributed by atoms with Crippen LogP contribution in [0.25, 0.3) is 5.57 Å². The summed E-state index contributed by atoms with van der Waals surface area (Å²) < 4.78 is 217. The van der Waals surface area contributed by atoms with Crippen molar-refractivity contribution in [1.29, 1.82) is 0 Å². The molecule has 454 valence electrons. The Kier molecular flexibility index (Phi) is 16.7. The van der Waals surface area contributed by atoms with Gasteiger partial charge in [0.25, 0.3) is 66.6 Å². The molecule has 8 rings (SSSR count). The van der Waals surface area contributed by atoms with Gasteiger partial charge in [0.1, 0.15) is 17.9 Å². The number of benzene rings is 5. The lowest BCUT2D eigenvalue weighted by molar-refractivity contribution is -0.137. The van der Waals surface area contributed by atoms with Crippen molar-refractivity contribution in [3.05, 3.63) is 134 Å². The number of carboxylic acid groups (broad SMARTS) is 1. The number of carbonyl (C=O) groups is 2. The molecule has 3 aliphatic rings. The van der Waals surface area contributed by atoms with Gasteiger partial charge >= 0.3 is 5.97 Å². The Morgan fingerprint density at radius 3 is 1.71 bits per heavy atom. The number of carbonyl (C=O) groups excluding carboxylic acids is 1. The fraction of sp³-hybridized carbons (Fsp3) is 0.377. The summed E-state index contributed by atoms with van der Waals surface area (Å²) >= 11 is 0. The van der Waals surface area contributed by atoms with Gasteiger partial charge in [-0.3, -0.25) is 36.9 Å². The van der Waals surface area contributed by atoms with Crippen LogP contribution in [-0.2, 0) is 78.6 Å². The summed E-state index contributed by atoms with van der Waals surface area (Å²) in [6.07, 6.45) is -0.262. The smallest absolute Gasteiger partial charge is 0.303 e. The Labute approximate surface area is 487 Å². The van der Waals surface area contributed by atoms with Crippen molar-refractivity contribution in [3.8, 4) is 0 Å². The molecule has 0 radical (unpaired) electrons. The Morgan fingerprint density at radius 1 is 0.643 bits per heavy atom. The number of aliphatic carboxylic acids is 1. The van der Waals surface area contributed by atoms with Crippen LogP contribution in [0.5, 0.6) is 0 Å². The number of hydrogen-bond donors (Lipinski definition) is 7. The summed E-state index contributed by atoms with van der Waals surface area (Å²) in [5, 5.41) is 11.3. The molecule has 5 aromatic carbocycles. The van der Waals surface area contributed by atoms with Crippen LogP contribution in [-0.4, -0.2) is 144 Å². The van der Waals surface area contributed by atoms with E-state index in [2.05, 4.69) is 0 Å². The molecule has 7 N–H and O–H groups in total. The average Bonchev–Trinajstić information content (AvgIpc) is 0.719. The summed E-state index contributed by atoms with van der Waals surface area (Å²) in [5.74, 6) is -5.33. The predicted molar refractivity (Wildman–Crippen MR) is 310 cm³/mol. The molecule has 0 saturated carbocycles. The second-order valence-corrected chi connectivity index (χ2v) is 36.2. The van der Waals surface area contributed by atoms with E-state index in [4.69, 9.17) is 0 Å². The van der Waals surface area contributed by atoms with E-state index in [9.17, 15) is 92.5 Å². The van der Waals surface area contributed by atoms with Crippen LogP contribution < -0.4 is 30.4 Å². The van der Waals surface area contributed by atoms with Gasteiger partial charge in [0.15, 0.2) is 12.1 Å². The molecule has 31 heteroatoms. The third-order valence-electron chi connectivity index (χ3n) is 16.0. The number of hydrogen-bond acceptors (Lipinski definition) is 15. The van der Waals surface area contributed by atoms with Crippen LogP contribution in [0.3, 0.4) is 0 Å². The summed E-state index contributed by atoms with van der Waals surface area (Å²) in [5.41, 5.74) is -0.578. The molecule has 5 aromatic rings. The maximum atomic E-state index is 14.8. The van der Waals surface area contributed by atoms with Crippen molar-refractivity contribution < 1.29 is 92.5 Å². The quantitative estimate of drug-likeness (QED) is 0.0376. The van der Waals surface area contributed by atoms with E-state index >= 15 is 0 Å². The summed E-state index contributed by atoms with van der Waals surface area (Å²) in [4.78, 5) is 26.0. The van der Waals surface area contributed by atoms with Crippen molar-refractivity contribution in [3.63, 3.8) is 0 Å². The molecule has 0 fully saturated rings. The van der Waals surface area contributed by atoms with Crippen LogP contribution in [0.15, 0.2) is 105 Å². The molecular formula is C53H62N3O21S6Si+. The number of rotatable bonds is 18. The Bertz CT molecular complexity index is 4490. The highest BCUT2D eigenvalue weighted by molar-refractivity contribution is 7.87. The average molecular weight is 1300 g/mol. The van der Waals surface area contributed by atoms with Crippen LogP contribution in [0.4, 0.5) is 5.69 Å². The molecule has 2 unspecified atom stereocenters. The molecule has 0 bridgehead atoms. The van der Waals surface area contributed by atoms with E-state index in [1.807, 2.05) is 13.1 Å². The molecule has 84 heavy (non-hydrogen) atoms. The topological polar surface area (TPSA) is 390 Å². The maximum absolute atomic E-state index is 14.8. The van der Waals surface area contributed by atoms with Gasteiger partial charge in [-0.25, -0.2) is 4.58 Å². The highest BCUT2D eigenvalue weighted by Crippen LogP contribution is 2.47. The van der Waals surface area contributed by atoms with E-state index in [1.54, 1.807) is 85.7 Å². The summed E-state index contributed by atoms with van der Waals surface area (Å²) in [7, 11) is -32.0. The first-order valence-electron chi connectivity index (χ1n) is 25.7. The van der Waals surface area contributed by atoms with Gasteiger partial charge in [0.2, 0.25) is 5.36 Å². The molecule has 2 atom stereocenters. The normalized spacial score (nSPS) is 18.5. The van der Waals surface area contributed by atoms with Crippen molar-refractivity contribution in [2.75, 3.05) is 30.0 Å². The molecule has 1 amide bonds. The molecule has 0 spiro atoms. The first kappa shape index (κ1) is 64.2. The minimum absolute atomic E-state index is 0.00444. The number of amides is 1. The van der Waals surface area contributed by atoms with Crippen LogP contribution in [0, 0.1) is 0 Å². The van der Waals surface area contributed by atoms with Crippen LogP contribution >= 0.6 is 0 Å². The lowest BCUT2D eigenvalue weighted by Gasteiger charge is -2.49. The summed E-state index contributed by atoms with van der Waals surface area (Å²) in [6.45, 7) is 9.96. The fourth-order valence-electron chi connectivity index (χ4n) is 12.2. The Morgan fingerprint density at radius 2 is 1.18 bits per heavy atom. The minimum atomic E-state index is -5.22. The second-order valence-electron chi connectivity index (χ2n) is 23.2. The second kappa shape index (κ2) is 21.9. The van der Waals surface area contributed by atoms with Gasteiger partial charge in [-0.05, 0) is 139 Å². The zero-order valence-electron chi connectivity index (χ0n) is 46.2. The zero-order valence-corrected chi connectivity index (χ0v) is 52.1. The van der Waals surface area contributed by atoms with Gasteiger partial charge in [0, 0.05) is 78.8 Å². The highest BCUT2D eigenvalue weighted by atomic mass is 32.2. The number of nitrogens with zero attached hydrogens (tertiary/aromatic N) is 3. The maximum Gasteiger partial charge on any atom is 0.303 e. The lowest BCUT2D eigenvalue weighted by Crippen LogP contribution is -2.65. The molecular weight excluding hydrogens is 1240 g/mol. The largest absolute Gasteiger partial charge is 0.481 e. The molecule has 24 nitrogen and oxygen atoms in total. The van der Waals surface area contributed by atoms with E-state index in [1.165, 1.54) is 11.9 Å². The zero-order chi connectivity index (χ0) is 62.6. The van der Waals surface area contributed by atoms with E-state index in [0.29, 0.717) is 61.0 Å². The van der Waals surface area contributed by atoms with Gasteiger partial charge in [-0.15, -0.1) is 0 Å². The highest BCUT2D eigenvalue weighted by Gasteiger charge is 2.47. The molecule has 3 aliphatic heterocycles. The van der Waals surface area contributed by atoms with Gasteiger partial charge in [0.05, 0.1) is 21.3 Å². The number of fused-ring (bicyclic) bond motifs is 4. The van der Waals surface area contributed by atoms with Gasteiger partial charge in [-0.1, -0.05) is 37.4 Å². The summed E-state index contributed by atoms with van der Waals surface area (Å²) in [6, 6.07) is 18.6. The monoisotopic (exact) mass is 1300 g/mol. The Hall–Kier alpha value is -5.81. The first-order chi connectivity index (χ1) is 38.3. The SMILES string of the molecule is CN(CCCC(=O)O)C(=O)c1ccccc1C1=c2cc3c(cc2[Si](C)(C)c2cc4c(cc21)C(CS(=O)(=O)O)CC(C)(C)N4Cc1ccc(S(=O)(=O)O)cc1S(=O)(=O)O)=[N+](Cc1ccc(S(=O)(=O)O)cc1S(=O)(=O)O)C(C)(C)CC3CS(=O)(=O)O. The van der Waals surface area contributed by atoms with Crippen molar-refractivity contribution in [1.82, 2.24) is 9.48 Å². The van der Waals surface area contributed by atoms with Crippen molar-refractivity contribution in [2.24, 2.45) is 0 Å². The van der Waals surface area contributed by atoms with Gasteiger partial charge in [-0.2, -0.15) is 50.5 Å². The van der Waals surface area contributed by atoms with E-state index in [-0.39, 0.29) is 54.5 Å². The predicted octanol–water partition coefficient (Wildman–Crippen LogP) is 3.00. The molecule has 0 aliphatic carbocycles. The minimum Gasteiger partial charge on any atom is -0.481 e. The number of carboxylic acids is 1. The first-order valence-corrected chi connectivity index (χ1v) is 37.7. The van der Waals surface area contributed by atoms with Gasteiger partial charge < -0.3 is 14.9 Å². The van der Waals surface area contributed by atoms with E-state index < -0.39 is 148 Å². The lowest BCUT2D eigenvalue weighted by atomic mass is 9.78. The number of anilines is 1. The molecule has 3 heterocycles. The fourth-order valence-corrected chi connectivity index (χ4v) is 19.5. The van der Waals surface area contributed by atoms with Crippen LogP contribution in [0.2, 0.25) is 13.1 Å².